The number of pyridine rings is 1. The molecule has 4 rings (SSSR count). The van der Waals surface area contributed by atoms with E-state index in [-0.39, 0.29) is 5.91 Å². The number of nitrogens with one attached hydrogen (secondary N) is 1. The van der Waals surface area contributed by atoms with Gasteiger partial charge in [0, 0.05) is 19.3 Å². The summed E-state index contributed by atoms with van der Waals surface area (Å²) in [5.74, 6) is 1.03. The fourth-order valence-corrected chi connectivity index (χ4v) is 3.05. The van der Waals surface area contributed by atoms with Crippen LogP contribution in [0.15, 0.2) is 47.2 Å². The Morgan fingerprint density at radius 3 is 3.08 bits per heavy atom. The molecule has 4 heterocycles. The van der Waals surface area contributed by atoms with Crippen LogP contribution in [0.25, 0.3) is 17.1 Å². The van der Waals surface area contributed by atoms with Crippen LogP contribution in [0, 0.1) is 0 Å². The average Bonchev–Trinajstić information content (AvgIpc) is 3.30. The van der Waals surface area contributed by atoms with Crippen molar-refractivity contribution in [3.05, 3.63) is 42.8 Å². The monoisotopic (exact) mass is 340 g/mol. The second-order valence-electron chi connectivity index (χ2n) is 5.96. The summed E-state index contributed by atoms with van der Waals surface area (Å²) in [6.45, 7) is 4.99. The first-order valence-electron chi connectivity index (χ1n) is 8.42. The number of hydrogen-bond donors (Lipinski definition) is 1. The number of aromatic nitrogens is 2. The number of hydrogen-bond acceptors (Lipinski definition) is 5. The summed E-state index contributed by atoms with van der Waals surface area (Å²) >= 11 is 0. The number of morpholine rings is 1. The molecule has 1 N–H and O–H groups in total. The van der Waals surface area contributed by atoms with Gasteiger partial charge in [-0.05, 0) is 30.8 Å². The largest absolute Gasteiger partial charge is 0.463 e. The summed E-state index contributed by atoms with van der Waals surface area (Å²) in [5.41, 5.74) is 1.34. The van der Waals surface area contributed by atoms with Crippen LogP contribution in [0.4, 0.5) is 5.82 Å². The van der Waals surface area contributed by atoms with E-state index in [1.807, 2.05) is 34.9 Å². The van der Waals surface area contributed by atoms with Gasteiger partial charge in [0.25, 0.3) is 5.91 Å². The number of amides is 1. The SMILES string of the molecule is CCN1CCOC(C(=O)Nc2c(-c3ccco3)nc3ccccn23)C1. The number of furan rings is 1. The fraction of sp³-hybridized carbons (Fsp3) is 0.333. The smallest absolute Gasteiger partial charge is 0.256 e. The van der Waals surface area contributed by atoms with E-state index in [4.69, 9.17) is 9.15 Å². The molecule has 0 aromatic carbocycles. The lowest BCUT2D eigenvalue weighted by molar-refractivity contribution is -0.132. The molecule has 25 heavy (non-hydrogen) atoms. The van der Waals surface area contributed by atoms with E-state index in [2.05, 4.69) is 22.1 Å². The van der Waals surface area contributed by atoms with Gasteiger partial charge in [-0.15, -0.1) is 0 Å². The van der Waals surface area contributed by atoms with Gasteiger partial charge >= 0.3 is 0 Å². The van der Waals surface area contributed by atoms with E-state index < -0.39 is 6.10 Å². The Kier molecular flexibility index (Phi) is 4.25. The van der Waals surface area contributed by atoms with Crippen LogP contribution in [0.2, 0.25) is 0 Å². The summed E-state index contributed by atoms with van der Waals surface area (Å²) in [7, 11) is 0. The van der Waals surface area contributed by atoms with E-state index in [9.17, 15) is 4.79 Å². The van der Waals surface area contributed by atoms with Crippen LogP contribution in [-0.2, 0) is 9.53 Å². The minimum absolute atomic E-state index is 0.170. The zero-order valence-electron chi connectivity index (χ0n) is 14.0. The molecule has 1 saturated heterocycles. The van der Waals surface area contributed by atoms with Crippen LogP contribution >= 0.6 is 0 Å². The first kappa shape index (κ1) is 15.9. The molecule has 1 atom stereocenters. The van der Waals surface area contributed by atoms with Crippen molar-refractivity contribution >= 4 is 17.4 Å². The van der Waals surface area contributed by atoms with Gasteiger partial charge in [0.2, 0.25) is 0 Å². The summed E-state index contributed by atoms with van der Waals surface area (Å²) in [5, 5.41) is 2.99. The topological polar surface area (TPSA) is 72.0 Å². The fourth-order valence-electron chi connectivity index (χ4n) is 3.05. The van der Waals surface area contributed by atoms with Gasteiger partial charge in [0.05, 0.1) is 12.9 Å². The molecule has 0 spiro atoms. The van der Waals surface area contributed by atoms with Gasteiger partial charge in [-0.1, -0.05) is 13.0 Å². The third-order valence-corrected chi connectivity index (χ3v) is 4.42. The molecule has 1 aliphatic rings. The van der Waals surface area contributed by atoms with Crippen molar-refractivity contribution in [1.82, 2.24) is 14.3 Å². The molecular formula is C18H20N4O3. The first-order valence-corrected chi connectivity index (χ1v) is 8.42. The predicted molar refractivity (Wildman–Crippen MR) is 93.4 cm³/mol. The maximum Gasteiger partial charge on any atom is 0.256 e. The lowest BCUT2D eigenvalue weighted by Crippen LogP contribution is -2.47. The van der Waals surface area contributed by atoms with Gasteiger partial charge in [-0.2, -0.15) is 0 Å². The molecule has 3 aromatic heterocycles. The Morgan fingerprint density at radius 2 is 2.28 bits per heavy atom. The number of imidazole rings is 1. The number of anilines is 1. The molecule has 0 aliphatic carbocycles. The highest BCUT2D eigenvalue weighted by molar-refractivity contribution is 5.97. The first-order chi connectivity index (χ1) is 12.3. The Morgan fingerprint density at radius 1 is 1.36 bits per heavy atom. The number of carbonyl (C=O) groups excluding carboxylic acids is 1. The summed E-state index contributed by atoms with van der Waals surface area (Å²) in [6.07, 6.45) is 2.96. The Hall–Kier alpha value is -2.64. The summed E-state index contributed by atoms with van der Waals surface area (Å²) in [6, 6.07) is 9.31. The number of carbonyl (C=O) groups is 1. The zero-order valence-corrected chi connectivity index (χ0v) is 14.0. The minimum atomic E-state index is -0.493. The number of nitrogens with zero attached hydrogens (tertiary/aromatic N) is 3. The number of rotatable bonds is 4. The number of fused-ring (bicyclic) bond motifs is 1. The molecule has 0 bridgehead atoms. The molecule has 7 nitrogen and oxygen atoms in total. The molecule has 7 heteroatoms. The molecule has 130 valence electrons. The van der Waals surface area contributed by atoms with Crippen LogP contribution in [0.1, 0.15) is 6.92 Å². The standard InChI is InChI=1S/C18H20N4O3/c1-2-21-9-11-25-14(12-21)18(23)20-17-16(13-6-5-10-24-13)19-15-7-3-4-8-22(15)17/h3-8,10,14H,2,9,11-12H2,1H3,(H,20,23). The van der Waals surface area contributed by atoms with E-state index in [0.717, 1.165) is 18.7 Å². The van der Waals surface area contributed by atoms with Gasteiger partial charge in [-0.3, -0.25) is 14.1 Å². The molecular weight excluding hydrogens is 320 g/mol. The number of ether oxygens (including phenoxy) is 1. The second-order valence-corrected chi connectivity index (χ2v) is 5.96. The second kappa shape index (κ2) is 6.70. The maximum atomic E-state index is 12.8. The van der Waals surface area contributed by atoms with Crippen molar-refractivity contribution < 1.29 is 13.9 Å². The highest BCUT2D eigenvalue weighted by atomic mass is 16.5. The van der Waals surface area contributed by atoms with Crippen molar-refractivity contribution in [2.75, 3.05) is 31.6 Å². The van der Waals surface area contributed by atoms with Gasteiger partial charge < -0.3 is 14.5 Å². The van der Waals surface area contributed by atoms with Gasteiger partial charge in [-0.25, -0.2) is 4.98 Å². The maximum absolute atomic E-state index is 12.8. The highest BCUT2D eigenvalue weighted by Gasteiger charge is 2.28. The van der Waals surface area contributed by atoms with Crippen molar-refractivity contribution in [2.24, 2.45) is 0 Å². The quantitative estimate of drug-likeness (QED) is 0.789. The highest BCUT2D eigenvalue weighted by Crippen LogP contribution is 2.29. The lowest BCUT2D eigenvalue weighted by Gasteiger charge is -2.31. The van der Waals surface area contributed by atoms with Crippen LogP contribution < -0.4 is 5.32 Å². The van der Waals surface area contributed by atoms with Crippen molar-refractivity contribution in [2.45, 2.75) is 13.0 Å². The summed E-state index contributed by atoms with van der Waals surface area (Å²) < 4.78 is 13.0. The Bertz CT molecular complexity index is 872. The third-order valence-electron chi connectivity index (χ3n) is 4.42. The van der Waals surface area contributed by atoms with Crippen LogP contribution in [0.3, 0.4) is 0 Å². The van der Waals surface area contributed by atoms with Crippen LogP contribution in [-0.4, -0.2) is 52.5 Å². The molecule has 1 aliphatic heterocycles. The molecule has 3 aromatic rings. The summed E-state index contributed by atoms with van der Waals surface area (Å²) in [4.78, 5) is 19.5. The van der Waals surface area contributed by atoms with Crippen molar-refractivity contribution in [3.63, 3.8) is 0 Å². The van der Waals surface area contributed by atoms with E-state index in [1.165, 1.54) is 0 Å². The Labute approximate surface area is 145 Å². The molecule has 1 fully saturated rings. The zero-order chi connectivity index (χ0) is 17.2. The lowest BCUT2D eigenvalue weighted by atomic mass is 10.2. The van der Waals surface area contributed by atoms with Crippen LogP contribution in [0.5, 0.6) is 0 Å². The molecule has 0 radical (unpaired) electrons. The predicted octanol–water partition coefficient (Wildman–Crippen LogP) is 2.25. The van der Waals surface area contributed by atoms with Crippen molar-refractivity contribution in [1.29, 1.82) is 0 Å². The molecule has 0 saturated carbocycles. The van der Waals surface area contributed by atoms with Gasteiger partial charge in [0.1, 0.15) is 23.3 Å². The molecule has 1 amide bonds. The van der Waals surface area contributed by atoms with Crippen molar-refractivity contribution in [3.8, 4) is 11.5 Å². The van der Waals surface area contributed by atoms with E-state index in [0.29, 0.717) is 30.4 Å². The third kappa shape index (κ3) is 3.04. The minimum Gasteiger partial charge on any atom is -0.463 e. The Balaban J connectivity index is 1.66. The normalized spacial score (nSPS) is 18.5. The average molecular weight is 340 g/mol. The van der Waals surface area contributed by atoms with Gasteiger partial charge in [0.15, 0.2) is 5.76 Å². The molecule has 1 unspecified atom stereocenters. The van der Waals surface area contributed by atoms with E-state index in [1.54, 1.807) is 12.3 Å². The van der Waals surface area contributed by atoms with E-state index >= 15 is 0 Å². The number of likely N-dealkylation sites (N-methyl/N-ethyl adjacent to an activating group) is 1.